The molecule has 0 saturated carbocycles. The first-order chi connectivity index (χ1) is 9.19. The molecule has 1 aliphatic heterocycles. The summed E-state index contributed by atoms with van der Waals surface area (Å²) in [5, 5.41) is 0. The molecule has 2 rings (SSSR count). The van der Waals surface area contributed by atoms with Crippen LogP contribution in [0.2, 0.25) is 0 Å². The van der Waals surface area contributed by atoms with Crippen LogP contribution in [0.25, 0.3) is 0 Å². The van der Waals surface area contributed by atoms with Gasteiger partial charge in [-0.2, -0.15) is 24.9 Å². The van der Waals surface area contributed by atoms with E-state index in [0.717, 1.165) is 37.4 Å². The van der Waals surface area contributed by atoms with E-state index < -0.39 is 11.7 Å². The number of anilines is 2. The van der Waals surface area contributed by atoms with Crippen molar-refractivity contribution in [3.8, 4) is 0 Å². The highest BCUT2D eigenvalue weighted by Gasteiger charge is 2.31. The van der Waals surface area contributed by atoms with Crippen molar-refractivity contribution in [2.75, 3.05) is 29.5 Å². The smallest absolute Gasteiger partial charge is 0.397 e. The molecule has 6 heteroatoms. The molecule has 0 aromatic heterocycles. The normalized spacial score (nSPS) is 19.8. The Balaban J connectivity index is 2.21. The summed E-state index contributed by atoms with van der Waals surface area (Å²) in [4.78, 5) is 2.08. The summed E-state index contributed by atoms with van der Waals surface area (Å²) >= 11 is 1.89. The van der Waals surface area contributed by atoms with Gasteiger partial charge in [0.15, 0.2) is 0 Å². The van der Waals surface area contributed by atoms with Crippen molar-refractivity contribution in [1.82, 2.24) is 0 Å². The number of hydrogen-bond donors (Lipinski definition) is 1. The van der Waals surface area contributed by atoms with Crippen LogP contribution in [0.4, 0.5) is 24.5 Å². The minimum Gasteiger partial charge on any atom is -0.397 e. The Hall–Kier alpha value is -1.04. The van der Waals surface area contributed by atoms with E-state index in [1.54, 1.807) is 0 Å². The summed E-state index contributed by atoms with van der Waals surface area (Å²) in [5.41, 5.74) is 6.03. The van der Waals surface area contributed by atoms with E-state index >= 15 is 0 Å². The third kappa shape index (κ3) is 3.53. The Kier molecular flexibility index (Phi) is 4.14. The van der Waals surface area contributed by atoms with Gasteiger partial charge in [-0.1, -0.05) is 13.8 Å². The molecule has 20 heavy (non-hydrogen) atoms. The van der Waals surface area contributed by atoms with E-state index in [2.05, 4.69) is 18.7 Å². The Morgan fingerprint density at radius 3 is 2.55 bits per heavy atom. The zero-order valence-corrected chi connectivity index (χ0v) is 12.4. The fraction of sp³-hybridized carbons (Fsp3) is 0.571. The molecule has 1 aliphatic rings. The van der Waals surface area contributed by atoms with Crippen molar-refractivity contribution in [2.24, 2.45) is 0 Å². The van der Waals surface area contributed by atoms with E-state index in [1.807, 2.05) is 11.8 Å². The monoisotopic (exact) mass is 304 g/mol. The average Bonchev–Trinajstić information content (AvgIpc) is 2.49. The lowest BCUT2D eigenvalue weighted by molar-refractivity contribution is -0.137. The lowest BCUT2D eigenvalue weighted by Gasteiger charge is -2.26. The Labute approximate surface area is 121 Å². The molecule has 1 heterocycles. The first-order valence-corrected chi connectivity index (χ1v) is 7.53. The molecular formula is C14H19F3N2S. The second-order valence-electron chi connectivity index (χ2n) is 5.62. The predicted molar refractivity (Wildman–Crippen MR) is 79.2 cm³/mol. The molecule has 0 atom stereocenters. The van der Waals surface area contributed by atoms with Crippen LogP contribution in [0.3, 0.4) is 0 Å². The van der Waals surface area contributed by atoms with Gasteiger partial charge >= 0.3 is 6.18 Å². The van der Waals surface area contributed by atoms with E-state index in [0.29, 0.717) is 5.69 Å². The highest BCUT2D eigenvalue weighted by atomic mass is 32.2. The van der Waals surface area contributed by atoms with Crippen LogP contribution in [0.15, 0.2) is 18.2 Å². The van der Waals surface area contributed by atoms with Gasteiger partial charge in [0, 0.05) is 23.6 Å². The standard InChI is InChI=1S/C14H19F3N2S/c1-13(2)5-6-19(7-8-20-13)12-4-3-10(9-11(12)18)14(15,16)17/h3-4,9H,5-8,18H2,1-2H3. The van der Waals surface area contributed by atoms with Crippen molar-refractivity contribution in [3.05, 3.63) is 23.8 Å². The van der Waals surface area contributed by atoms with Crippen LogP contribution < -0.4 is 10.6 Å². The Morgan fingerprint density at radius 1 is 1.25 bits per heavy atom. The number of halogens is 3. The van der Waals surface area contributed by atoms with E-state index in [4.69, 9.17) is 5.73 Å². The first-order valence-electron chi connectivity index (χ1n) is 6.55. The van der Waals surface area contributed by atoms with Crippen LogP contribution in [-0.2, 0) is 6.18 Å². The van der Waals surface area contributed by atoms with Crippen LogP contribution in [0.1, 0.15) is 25.8 Å². The molecule has 0 amide bonds. The van der Waals surface area contributed by atoms with Gasteiger partial charge in [0.25, 0.3) is 0 Å². The molecule has 0 aliphatic carbocycles. The first kappa shape index (κ1) is 15.4. The van der Waals surface area contributed by atoms with Crippen LogP contribution in [0.5, 0.6) is 0 Å². The lowest BCUT2D eigenvalue weighted by Crippen LogP contribution is -2.27. The largest absolute Gasteiger partial charge is 0.416 e. The molecule has 112 valence electrons. The van der Waals surface area contributed by atoms with Gasteiger partial charge in [-0.15, -0.1) is 0 Å². The van der Waals surface area contributed by atoms with Crippen molar-refractivity contribution < 1.29 is 13.2 Å². The molecule has 0 radical (unpaired) electrons. The third-order valence-electron chi connectivity index (χ3n) is 3.53. The van der Waals surface area contributed by atoms with Crippen molar-refractivity contribution in [2.45, 2.75) is 31.2 Å². The number of nitrogen functional groups attached to an aromatic ring is 1. The molecule has 2 nitrogen and oxygen atoms in total. The lowest BCUT2D eigenvalue weighted by atomic mass is 10.1. The summed E-state index contributed by atoms with van der Waals surface area (Å²) in [5.74, 6) is 0.952. The van der Waals surface area contributed by atoms with Gasteiger partial charge in [-0.3, -0.25) is 0 Å². The molecule has 1 saturated heterocycles. The average molecular weight is 304 g/mol. The zero-order chi connectivity index (χ0) is 15.0. The van der Waals surface area contributed by atoms with Crippen molar-refractivity contribution >= 4 is 23.1 Å². The number of alkyl halides is 3. The SMILES string of the molecule is CC1(C)CCN(c2ccc(C(F)(F)F)cc2N)CCS1. The van der Waals surface area contributed by atoms with Crippen LogP contribution in [-0.4, -0.2) is 23.6 Å². The van der Waals surface area contributed by atoms with E-state index in [-0.39, 0.29) is 10.4 Å². The molecular weight excluding hydrogens is 285 g/mol. The van der Waals surface area contributed by atoms with Crippen LogP contribution >= 0.6 is 11.8 Å². The second-order valence-corrected chi connectivity index (χ2v) is 7.42. The highest BCUT2D eigenvalue weighted by molar-refractivity contribution is 8.00. The maximum absolute atomic E-state index is 12.6. The summed E-state index contributed by atoms with van der Waals surface area (Å²) in [7, 11) is 0. The van der Waals surface area contributed by atoms with Gasteiger partial charge in [0.05, 0.1) is 16.9 Å². The third-order valence-corrected chi connectivity index (χ3v) is 4.91. The molecule has 0 unspecified atom stereocenters. The van der Waals surface area contributed by atoms with E-state index in [1.165, 1.54) is 6.07 Å². The molecule has 0 bridgehead atoms. The summed E-state index contributed by atoms with van der Waals surface area (Å²) < 4.78 is 38.1. The molecule has 1 aromatic rings. The topological polar surface area (TPSA) is 29.3 Å². The number of hydrogen-bond acceptors (Lipinski definition) is 3. The quantitative estimate of drug-likeness (QED) is 0.795. The number of thioether (sulfide) groups is 1. The molecule has 1 aromatic carbocycles. The fourth-order valence-corrected chi connectivity index (χ4v) is 3.38. The number of rotatable bonds is 1. The fourth-order valence-electron chi connectivity index (χ4n) is 2.28. The number of nitrogens with two attached hydrogens (primary N) is 1. The maximum atomic E-state index is 12.6. The minimum absolute atomic E-state index is 0.199. The van der Waals surface area contributed by atoms with Gasteiger partial charge in [0.2, 0.25) is 0 Å². The summed E-state index contributed by atoms with van der Waals surface area (Å²) in [6.07, 6.45) is -3.36. The van der Waals surface area contributed by atoms with E-state index in [9.17, 15) is 13.2 Å². The number of nitrogens with zero attached hydrogens (tertiary/aromatic N) is 1. The number of benzene rings is 1. The molecule has 1 fully saturated rings. The highest BCUT2D eigenvalue weighted by Crippen LogP contribution is 2.36. The van der Waals surface area contributed by atoms with Gasteiger partial charge in [-0.05, 0) is 24.6 Å². The van der Waals surface area contributed by atoms with Crippen molar-refractivity contribution in [3.63, 3.8) is 0 Å². The second kappa shape index (κ2) is 5.39. The Bertz CT molecular complexity index is 486. The zero-order valence-electron chi connectivity index (χ0n) is 11.6. The van der Waals surface area contributed by atoms with Crippen molar-refractivity contribution in [1.29, 1.82) is 0 Å². The molecule has 2 N–H and O–H groups in total. The predicted octanol–water partition coefficient (Wildman–Crippen LogP) is 4.01. The summed E-state index contributed by atoms with van der Waals surface area (Å²) in [6.45, 7) is 6.01. The maximum Gasteiger partial charge on any atom is 0.416 e. The van der Waals surface area contributed by atoms with Crippen LogP contribution in [0, 0.1) is 0 Å². The Morgan fingerprint density at radius 2 is 1.95 bits per heavy atom. The minimum atomic E-state index is -4.34. The van der Waals surface area contributed by atoms with Gasteiger partial charge < -0.3 is 10.6 Å². The summed E-state index contributed by atoms with van der Waals surface area (Å²) in [6, 6.07) is 3.62. The van der Waals surface area contributed by atoms with Gasteiger partial charge in [-0.25, -0.2) is 0 Å². The van der Waals surface area contributed by atoms with Gasteiger partial charge in [0.1, 0.15) is 0 Å². The molecule has 0 spiro atoms.